The van der Waals surface area contributed by atoms with Crippen molar-refractivity contribution in [3.8, 4) is 16.3 Å². The van der Waals surface area contributed by atoms with Crippen LogP contribution in [0.5, 0.6) is 5.88 Å². The minimum atomic E-state index is 0. The van der Waals surface area contributed by atoms with Crippen LogP contribution in [0.4, 0.5) is 0 Å². The van der Waals surface area contributed by atoms with Gasteiger partial charge in [0.1, 0.15) is 0 Å². The summed E-state index contributed by atoms with van der Waals surface area (Å²) in [4.78, 5) is 1.11. The van der Waals surface area contributed by atoms with Crippen LogP contribution in [-0.2, 0) is 0 Å². The van der Waals surface area contributed by atoms with E-state index in [1.54, 1.807) is 0 Å². The van der Waals surface area contributed by atoms with Crippen LogP contribution in [0.25, 0.3) is 10.4 Å². The molecule has 1 aromatic carbocycles. The Hall–Kier alpha value is -0.910. The highest BCUT2D eigenvalue weighted by atomic mass is 79.9. The van der Waals surface area contributed by atoms with E-state index >= 15 is 0 Å². The molecule has 0 bridgehead atoms. The van der Waals surface area contributed by atoms with E-state index in [4.69, 9.17) is 0 Å². The van der Waals surface area contributed by atoms with Crippen LogP contribution in [0.3, 0.4) is 0 Å². The topological polar surface area (TPSA) is 45.2 Å². The number of hydrogen-bond acceptors (Lipinski definition) is 4. The predicted octanol–water partition coefficient (Wildman–Crippen LogP) is 3.17. The summed E-state index contributed by atoms with van der Waals surface area (Å²) < 4.78 is 4.11. The van der Waals surface area contributed by atoms with Crippen molar-refractivity contribution in [1.29, 1.82) is 0 Å². The summed E-state index contributed by atoms with van der Waals surface area (Å²) in [6.07, 6.45) is 1.08. The normalized spacial score (nSPS) is 18.6. The minimum Gasteiger partial charge on any atom is -0.492 e. The van der Waals surface area contributed by atoms with Crippen molar-refractivity contribution in [2.24, 2.45) is 0 Å². The van der Waals surface area contributed by atoms with Crippen molar-refractivity contribution in [3.05, 3.63) is 35.9 Å². The summed E-state index contributed by atoms with van der Waals surface area (Å²) in [5.41, 5.74) is 2.17. The van der Waals surface area contributed by atoms with Crippen LogP contribution in [0.2, 0.25) is 0 Å². The van der Waals surface area contributed by atoms with Crippen LogP contribution in [-0.4, -0.2) is 22.6 Å². The molecular weight excluding hydrogens is 312 g/mol. The number of halogens is 1. The highest BCUT2D eigenvalue weighted by Gasteiger charge is 2.25. The molecule has 1 aliphatic rings. The number of benzene rings is 1. The maximum absolute atomic E-state index is 9.92. The van der Waals surface area contributed by atoms with E-state index in [0.717, 1.165) is 35.5 Å². The molecule has 1 aliphatic heterocycles. The van der Waals surface area contributed by atoms with Crippen molar-refractivity contribution in [1.82, 2.24) is 9.69 Å². The van der Waals surface area contributed by atoms with Crippen LogP contribution < -0.4 is 5.32 Å². The fourth-order valence-corrected chi connectivity index (χ4v) is 3.23. The second kappa shape index (κ2) is 5.82. The monoisotopic (exact) mass is 326 g/mol. The minimum absolute atomic E-state index is 0. The Morgan fingerprint density at radius 3 is 2.72 bits per heavy atom. The average Bonchev–Trinajstić information content (AvgIpc) is 2.99. The first kappa shape index (κ1) is 13.5. The fourth-order valence-electron chi connectivity index (χ4n) is 2.36. The molecule has 2 N–H and O–H groups in total. The second-order valence-corrected chi connectivity index (χ2v) is 5.08. The molecule has 96 valence electrons. The predicted molar refractivity (Wildman–Crippen MR) is 79.8 cm³/mol. The Bertz CT molecular complexity index is 509. The van der Waals surface area contributed by atoms with E-state index in [2.05, 4.69) is 21.8 Å². The van der Waals surface area contributed by atoms with Crippen LogP contribution in [0, 0.1) is 0 Å². The van der Waals surface area contributed by atoms with Crippen molar-refractivity contribution in [2.45, 2.75) is 12.3 Å². The van der Waals surface area contributed by atoms with Gasteiger partial charge in [-0.2, -0.15) is 4.37 Å². The summed E-state index contributed by atoms with van der Waals surface area (Å²) >= 11 is 1.39. The van der Waals surface area contributed by atoms with E-state index in [1.807, 2.05) is 18.2 Å². The molecule has 0 saturated carbocycles. The fraction of sp³-hybridized carbons (Fsp3) is 0.308. The molecule has 1 fully saturated rings. The third-order valence-electron chi connectivity index (χ3n) is 3.21. The van der Waals surface area contributed by atoms with E-state index in [0.29, 0.717) is 5.92 Å². The largest absolute Gasteiger partial charge is 0.492 e. The van der Waals surface area contributed by atoms with Crippen molar-refractivity contribution in [2.75, 3.05) is 13.1 Å². The van der Waals surface area contributed by atoms with Gasteiger partial charge in [0.2, 0.25) is 5.88 Å². The molecule has 0 spiro atoms. The third kappa shape index (κ3) is 2.43. The molecule has 0 aliphatic carbocycles. The first-order valence-corrected chi connectivity index (χ1v) is 6.58. The Balaban J connectivity index is 0.00000120. The maximum Gasteiger partial charge on any atom is 0.226 e. The lowest BCUT2D eigenvalue weighted by molar-refractivity contribution is 0.448. The molecule has 1 unspecified atom stereocenters. The highest BCUT2D eigenvalue weighted by Crippen LogP contribution is 2.40. The number of nitrogens with zero attached hydrogens (tertiary/aromatic N) is 1. The van der Waals surface area contributed by atoms with Crippen molar-refractivity contribution in [3.63, 3.8) is 0 Å². The van der Waals surface area contributed by atoms with Crippen molar-refractivity contribution < 1.29 is 5.11 Å². The molecular formula is C13H15BrN2OS. The first-order valence-electron chi connectivity index (χ1n) is 5.81. The lowest BCUT2D eigenvalue weighted by atomic mass is 9.96. The van der Waals surface area contributed by atoms with Gasteiger partial charge in [-0.3, -0.25) is 0 Å². The van der Waals surface area contributed by atoms with Gasteiger partial charge in [-0.25, -0.2) is 0 Å². The zero-order chi connectivity index (χ0) is 11.7. The molecule has 1 atom stereocenters. The van der Waals surface area contributed by atoms with Gasteiger partial charge in [0.15, 0.2) is 0 Å². The molecule has 2 aromatic rings. The summed E-state index contributed by atoms with van der Waals surface area (Å²) in [5, 5.41) is 13.3. The molecule has 0 radical (unpaired) electrons. The standard InChI is InChI=1S/C13H14N2OS.BrH/c16-13-11(10-6-7-14-8-10)12(17-15-13)9-4-2-1-3-5-9;/h1-5,10,14H,6-8H2,(H,15,16);1H. The Morgan fingerprint density at radius 1 is 1.28 bits per heavy atom. The van der Waals surface area contributed by atoms with E-state index < -0.39 is 0 Å². The van der Waals surface area contributed by atoms with Gasteiger partial charge in [-0.05, 0) is 30.1 Å². The Morgan fingerprint density at radius 2 is 2.06 bits per heavy atom. The molecule has 2 heterocycles. The van der Waals surface area contributed by atoms with Gasteiger partial charge in [0.05, 0.1) is 4.88 Å². The Labute approximate surface area is 121 Å². The lowest BCUT2D eigenvalue weighted by Crippen LogP contribution is -2.08. The van der Waals surface area contributed by atoms with Gasteiger partial charge >= 0.3 is 0 Å². The molecule has 5 heteroatoms. The summed E-state index contributed by atoms with van der Waals surface area (Å²) in [5.74, 6) is 0.603. The maximum atomic E-state index is 9.92. The average molecular weight is 327 g/mol. The van der Waals surface area contributed by atoms with E-state index in [9.17, 15) is 5.11 Å². The summed E-state index contributed by atoms with van der Waals surface area (Å²) in [6, 6.07) is 10.2. The van der Waals surface area contributed by atoms with Gasteiger partial charge in [0, 0.05) is 18.0 Å². The van der Waals surface area contributed by atoms with Gasteiger partial charge in [-0.1, -0.05) is 30.3 Å². The van der Waals surface area contributed by atoms with Gasteiger partial charge in [0.25, 0.3) is 0 Å². The first-order chi connectivity index (χ1) is 8.36. The quantitative estimate of drug-likeness (QED) is 0.891. The number of hydrogen-bond donors (Lipinski definition) is 2. The lowest BCUT2D eigenvalue weighted by Gasteiger charge is -2.09. The number of aromatic hydroxyl groups is 1. The van der Waals surface area contributed by atoms with Crippen molar-refractivity contribution >= 4 is 28.5 Å². The summed E-state index contributed by atoms with van der Waals surface area (Å²) in [7, 11) is 0. The van der Waals surface area contributed by atoms with Crippen LogP contribution in [0.15, 0.2) is 30.3 Å². The molecule has 1 aromatic heterocycles. The number of aromatic nitrogens is 1. The van der Waals surface area contributed by atoms with Gasteiger partial charge in [-0.15, -0.1) is 17.0 Å². The molecule has 3 rings (SSSR count). The van der Waals surface area contributed by atoms with E-state index in [1.165, 1.54) is 11.5 Å². The second-order valence-electron chi connectivity index (χ2n) is 4.30. The summed E-state index contributed by atoms with van der Waals surface area (Å²) in [6.45, 7) is 1.96. The molecule has 1 saturated heterocycles. The van der Waals surface area contributed by atoms with E-state index in [-0.39, 0.29) is 22.9 Å². The molecule has 3 nitrogen and oxygen atoms in total. The Kier molecular flexibility index (Phi) is 4.37. The third-order valence-corrected chi connectivity index (χ3v) is 4.12. The molecule has 18 heavy (non-hydrogen) atoms. The zero-order valence-electron chi connectivity index (χ0n) is 9.80. The zero-order valence-corrected chi connectivity index (χ0v) is 12.3. The SMILES string of the molecule is Br.Oc1nsc(-c2ccccc2)c1C1CCNC1. The number of rotatable bonds is 2. The smallest absolute Gasteiger partial charge is 0.226 e. The molecule has 0 amide bonds. The van der Waals surface area contributed by atoms with Gasteiger partial charge < -0.3 is 10.4 Å². The number of nitrogens with one attached hydrogen (secondary N) is 1. The van der Waals surface area contributed by atoms with Crippen LogP contribution >= 0.6 is 28.5 Å². The van der Waals surface area contributed by atoms with Crippen LogP contribution in [0.1, 0.15) is 17.9 Å². The highest BCUT2D eigenvalue weighted by molar-refractivity contribution is 8.93.